The largest absolute Gasteiger partial charge is 0.457 e. The molecule has 0 aliphatic carbocycles. The summed E-state index contributed by atoms with van der Waals surface area (Å²) in [5, 5.41) is 3.58. The number of amides is 2. The van der Waals surface area contributed by atoms with Gasteiger partial charge in [0.05, 0.1) is 0 Å². The van der Waals surface area contributed by atoms with E-state index in [-0.39, 0.29) is 11.8 Å². The monoisotopic (exact) mass is 491 g/mol. The Morgan fingerprint density at radius 1 is 0.857 bits per heavy atom. The van der Waals surface area contributed by atoms with E-state index < -0.39 is 12.1 Å². The molecule has 0 aromatic heterocycles. The highest BCUT2D eigenvalue weighted by atomic mass is 35.5. The number of halogens is 1. The van der Waals surface area contributed by atoms with E-state index in [0.29, 0.717) is 36.7 Å². The molecule has 0 saturated carbocycles. The molecule has 4 rings (SSSR count). The summed E-state index contributed by atoms with van der Waals surface area (Å²) in [7, 11) is 0. The summed E-state index contributed by atoms with van der Waals surface area (Å²) in [6, 6.07) is 23.4. The Labute approximate surface area is 211 Å². The second-order valence-electron chi connectivity index (χ2n) is 8.72. The average Bonchev–Trinajstić information content (AvgIpc) is 2.87. The minimum atomic E-state index is -0.616. The second-order valence-corrected chi connectivity index (χ2v) is 9.15. The Hall–Kier alpha value is -3.35. The number of unbranched alkanes of at least 4 members (excludes halogenated alkanes) is 1. The van der Waals surface area contributed by atoms with Crippen LogP contribution >= 0.6 is 11.6 Å². The summed E-state index contributed by atoms with van der Waals surface area (Å²) in [4.78, 5) is 28.3. The highest BCUT2D eigenvalue weighted by Crippen LogP contribution is 2.24. The van der Waals surface area contributed by atoms with Crippen molar-refractivity contribution < 1.29 is 14.3 Å². The first-order valence-corrected chi connectivity index (χ1v) is 12.3. The number of nitrogens with two attached hydrogens (primary N) is 1. The SMILES string of the molecule is NCCCCC1C(=O)NC(Cc2ccc(Cl)cc2)C(=O)N1Cc1ccc(Oc2ccccc2)cc1. The standard InChI is InChI=1S/C28H30ClN3O3/c29-22-13-9-20(10-14-22)18-25-28(34)32(26(27(33)31-25)8-4-5-17-30)19-21-11-15-24(16-12-21)35-23-6-2-1-3-7-23/h1-3,6-7,9-16,25-26H,4-5,8,17-19,30H2,(H,31,33). The van der Waals surface area contributed by atoms with Crippen LogP contribution in [0, 0.1) is 0 Å². The lowest BCUT2D eigenvalue weighted by molar-refractivity contribution is -0.150. The summed E-state index contributed by atoms with van der Waals surface area (Å²) in [5.41, 5.74) is 7.52. The summed E-state index contributed by atoms with van der Waals surface area (Å²) >= 11 is 5.99. The van der Waals surface area contributed by atoms with Crippen molar-refractivity contribution in [3.63, 3.8) is 0 Å². The molecule has 1 aliphatic rings. The van der Waals surface area contributed by atoms with Crippen molar-refractivity contribution in [2.24, 2.45) is 5.73 Å². The Morgan fingerprint density at radius 3 is 2.20 bits per heavy atom. The summed E-state index contributed by atoms with van der Waals surface area (Å²) in [5.74, 6) is 1.27. The van der Waals surface area contributed by atoms with Crippen molar-refractivity contribution in [3.05, 3.63) is 95.0 Å². The predicted octanol–water partition coefficient (Wildman–Crippen LogP) is 4.70. The summed E-state index contributed by atoms with van der Waals surface area (Å²) in [6.07, 6.45) is 2.59. The van der Waals surface area contributed by atoms with Gasteiger partial charge in [-0.25, -0.2) is 0 Å². The predicted molar refractivity (Wildman–Crippen MR) is 137 cm³/mol. The molecule has 2 atom stereocenters. The van der Waals surface area contributed by atoms with Crippen molar-refractivity contribution in [2.75, 3.05) is 6.54 Å². The molecule has 1 saturated heterocycles. The number of piperazine rings is 1. The minimum absolute atomic E-state index is 0.0816. The Morgan fingerprint density at radius 2 is 1.51 bits per heavy atom. The molecular formula is C28H30ClN3O3. The quantitative estimate of drug-likeness (QED) is 0.402. The third-order valence-corrected chi connectivity index (χ3v) is 6.37. The normalized spacial score (nSPS) is 17.8. The van der Waals surface area contributed by atoms with Crippen LogP contribution in [0.3, 0.4) is 0 Å². The lowest BCUT2D eigenvalue weighted by atomic mass is 9.97. The average molecular weight is 492 g/mol. The van der Waals surface area contributed by atoms with Gasteiger partial charge in [0.2, 0.25) is 11.8 Å². The molecule has 1 aliphatic heterocycles. The molecule has 1 fully saturated rings. The van der Waals surface area contributed by atoms with Gasteiger partial charge in [-0.3, -0.25) is 9.59 Å². The van der Waals surface area contributed by atoms with E-state index in [0.717, 1.165) is 29.7 Å². The fourth-order valence-corrected chi connectivity index (χ4v) is 4.39. The van der Waals surface area contributed by atoms with E-state index in [1.54, 1.807) is 17.0 Å². The van der Waals surface area contributed by atoms with Crippen LogP contribution in [0.5, 0.6) is 11.5 Å². The number of ether oxygens (including phenoxy) is 1. The van der Waals surface area contributed by atoms with Crippen molar-refractivity contribution in [1.82, 2.24) is 10.2 Å². The molecular weight excluding hydrogens is 462 g/mol. The number of carbonyl (C=O) groups is 2. The molecule has 1 heterocycles. The first-order chi connectivity index (χ1) is 17.0. The van der Waals surface area contributed by atoms with Gasteiger partial charge in [0.1, 0.15) is 23.6 Å². The fraction of sp³-hybridized carbons (Fsp3) is 0.286. The van der Waals surface area contributed by atoms with Crippen LogP contribution in [0.4, 0.5) is 0 Å². The van der Waals surface area contributed by atoms with Crippen LogP contribution in [-0.4, -0.2) is 35.3 Å². The van der Waals surface area contributed by atoms with Crippen LogP contribution in [0.15, 0.2) is 78.9 Å². The molecule has 182 valence electrons. The molecule has 2 amide bonds. The van der Waals surface area contributed by atoms with Gasteiger partial charge in [-0.2, -0.15) is 0 Å². The first-order valence-electron chi connectivity index (χ1n) is 11.9. The van der Waals surface area contributed by atoms with E-state index in [4.69, 9.17) is 22.1 Å². The zero-order chi connectivity index (χ0) is 24.6. The molecule has 3 aromatic carbocycles. The van der Waals surface area contributed by atoms with Gasteiger partial charge in [0, 0.05) is 18.0 Å². The van der Waals surface area contributed by atoms with Gasteiger partial charge in [-0.1, -0.05) is 54.1 Å². The van der Waals surface area contributed by atoms with Crippen molar-refractivity contribution in [1.29, 1.82) is 0 Å². The van der Waals surface area contributed by atoms with Gasteiger partial charge in [-0.15, -0.1) is 0 Å². The first kappa shape index (κ1) is 24.8. The van der Waals surface area contributed by atoms with Crippen LogP contribution < -0.4 is 15.8 Å². The molecule has 3 aromatic rings. The lowest BCUT2D eigenvalue weighted by Gasteiger charge is -2.39. The smallest absolute Gasteiger partial charge is 0.246 e. The molecule has 6 nitrogen and oxygen atoms in total. The van der Waals surface area contributed by atoms with Crippen LogP contribution in [-0.2, 0) is 22.6 Å². The van der Waals surface area contributed by atoms with E-state index in [1.807, 2.05) is 66.7 Å². The lowest BCUT2D eigenvalue weighted by Crippen LogP contribution is -2.63. The number of rotatable bonds is 10. The number of para-hydroxylation sites is 1. The zero-order valence-corrected chi connectivity index (χ0v) is 20.3. The molecule has 0 bridgehead atoms. The van der Waals surface area contributed by atoms with E-state index in [2.05, 4.69) is 5.32 Å². The van der Waals surface area contributed by atoms with Crippen LogP contribution in [0.25, 0.3) is 0 Å². The minimum Gasteiger partial charge on any atom is -0.457 e. The Balaban J connectivity index is 1.49. The highest BCUT2D eigenvalue weighted by Gasteiger charge is 2.40. The van der Waals surface area contributed by atoms with E-state index in [1.165, 1.54) is 0 Å². The zero-order valence-electron chi connectivity index (χ0n) is 19.5. The maximum atomic E-state index is 13.5. The Kier molecular flexibility index (Phi) is 8.40. The number of hydrogen-bond acceptors (Lipinski definition) is 4. The third kappa shape index (κ3) is 6.62. The van der Waals surface area contributed by atoms with Crippen molar-refractivity contribution >= 4 is 23.4 Å². The van der Waals surface area contributed by atoms with Gasteiger partial charge in [0.25, 0.3) is 0 Å². The molecule has 2 unspecified atom stereocenters. The summed E-state index contributed by atoms with van der Waals surface area (Å²) < 4.78 is 5.87. The fourth-order valence-electron chi connectivity index (χ4n) is 4.26. The molecule has 35 heavy (non-hydrogen) atoms. The van der Waals surface area contributed by atoms with Gasteiger partial charge >= 0.3 is 0 Å². The second kappa shape index (κ2) is 11.9. The number of nitrogens with one attached hydrogen (secondary N) is 1. The van der Waals surface area contributed by atoms with Crippen LogP contribution in [0.1, 0.15) is 30.4 Å². The molecule has 0 radical (unpaired) electrons. The molecule has 0 spiro atoms. The van der Waals surface area contributed by atoms with Crippen LogP contribution in [0.2, 0.25) is 5.02 Å². The maximum absolute atomic E-state index is 13.5. The number of carbonyl (C=O) groups excluding carboxylic acids is 2. The number of benzene rings is 3. The molecule has 7 heteroatoms. The number of nitrogens with zero attached hydrogens (tertiary/aromatic N) is 1. The van der Waals surface area contributed by atoms with Gasteiger partial charge in [0.15, 0.2) is 0 Å². The van der Waals surface area contributed by atoms with E-state index >= 15 is 0 Å². The highest BCUT2D eigenvalue weighted by molar-refractivity contribution is 6.30. The topological polar surface area (TPSA) is 84.7 Å². The number of hydrogen-bond donors (Lipinski definition) is 2. The summed E-state index contributed by atoms with van der Waals surface area (Å²) in [6.45, 7) is 0.909. The third-order valence-electron chi connectivity index (χ3n) is 6.12. The van der Waals surface area contributed by atoms with Gasteiger partial charge < -0.3 is 20.7 Å². The van der Waals surface area contributed by atoms with E-state index in [9.17, 15) is 9.59 Å². The molecule has 3 N–H and O–H groups in total. The van der Waals surface area contributed by atoms with Crippen molar-refractivity contribution in [3.8, 4) is 11.5 Å². The maximum Gasteiger partial charge on any atom is 0.246 e. The Bertz CT molecular complexity index is 1120. The van der Waals surface area contributed by atoms with Gasteiger partial charge in [-0.05, 0) is 73.3 Å². The van der Waals surface area contributed by atoms with Crippen molar-refractivity contribution in [2.45, 2.75) is 44.3 Å².